The van der Waals surface area contributed by atoms with Crippen LogP contribution in [0.3, 0.4) is 0 Å². The van der Waals surface area contributed by atoms with Crippen LogP contribution in [-0.2, 0) is 0 Å². The van der Waals surface area contributed by atoms with Crippen LogP contribution in [0.25, 0.3) is 0 Å². The van der Waals surface area contributed by atoms with Crippen molar-refractivity contribution in [1.29, 1.82) is 0 Å². The molecule has 1 saturated carbocycles. The molecule has 11 heavy (non-hydrogen) atoms. The molecule has 0 bridgehead atoms. The van der Waals surface area contributed by atoms with Crippen molar-refractivity contribution in [2.75, 3.05) is 0 Å². The van der Waals surface area contributed by atoms with Gasteiger partial charge in [0.1, 0.15) is 0 Å². The first-order valence-electron chi connectivity index (χ1n) is 4.49. The van der Waals surface area contributed by atoms with Crippen molar-refractivity contribution in [3.8, 4) is 0 Å². The molecule has 1 nitrogen and oxygen atoms in total. The molecular weight excluding hydrogens is 136 g/mol. The quantitative estimate of drug-likeness (QED) is 0.575. The largest absolute Gasteiger partial charge is 0.389 e. The Bertz CT molecular complexity index is 149. The first-order chi connectivity index (χ1) is 5.13. The van der Waals surface area contributed by atoms with Crippen molar-refractivity contribution in [3.63, 3.8) is 0 Å². The van der Waals surface area contributed by atoms with Gasteiger partial charge in [0.15, 0.2) is 0 Å². The summed E-state index contributed by atoms with van der Waals surface area (Å²) in [6.07, 6.45) is 3.06. The normalized spacial score (nSPS) is 32.9. The molecule has 1 rings (SSSR count). The topological polar surface area (TPSA) is 20.2 Å². The molecule has 1 aliphatic rings. The molecule has 1 heteroatoms. The number of rotatable bonds is 1. The maximum absolute atomic E-state index is 9.50. The van der Waals surface area contributed by atoms with Gasteiger partial charge in [-0.2, -0.15) is 0 Å². The third-order valence-corrected chi connectivity index (χ3v) is 2.70. The summed E-state index contributed by atoms with van der Waals surface area (Å²) in [7, 11) is 0. The van der Waals surface area contributed by atoms with Gasteiger partial charge < -0.3 is 5.11 Å². The highest BCUT2D eigenvalue weighted by molar-refractivity contribution is 5.10. The molecule has 0 spiro atoms. The average molecular weight is 154 g/mol. The molecule has 1 fully saturated rings. The molecule has 0 aliphatic heterocycles. The number of aliphatic hydroxyl groups excluding tert-OH is 1. The van der Waals surface area contributed by atoms with Gasteiger partial charge in [0.2, 0.25) is 0 Å². The summed E-state index contributed by atoms with van der Waals surface area (Å²) in [5, 5.41) is 9.50. The maximum Gasteiger partial charge on any atom is 0.0750 e. The van der Waals surface area contributed by atoms with E-state index in [-0.39, 0.29) is 6.10 Å². The SMILES string of the molecule is C=C1[C@H](C(C)C)CCC[C@@H]1O. The molecule has 0 amide bonds. The number of hydrogen-bond acceptors (Lipinski definition) is 1. The molecular formula is C10H18O. The average Bonchev–Trinajstić information content (AvgIpc) is 1.94. The van der Waals surface area contributed by atoms with Crippen LogP contribution in [0.5, 0.6) is 0 Å². The lowest BCUT2D eigenvalue weighted by atomic mass is 9.77. The fourth-order valence-electron chi connectivity index (χ4n) is 1.91. The third-order valence-electron chi connectivity index (χ3n) is 2.70. The predicted molar refractivity (Wildman–Crippen MR) is 47.3 cm³/mol. The zero-order chi connectivity index (χ0) is 8.43. The van der Waals surface area contributed by atoms with Crippen LogP contribution in [-0.4, -0.2) is 11.2 Å². The summed E-state index contributed by atoms with van der Waals surface area (Å²) < 4.78 is 0. The monoisotopic (exact) mass is 154 g/mol. The lowest BCUT2D eigenvalue weighted by Crippen LogP contribution is -2.25. The Kier molecular flexibility index (Phi) is 2.72. The summed E-state index contributed by atoms with van der Waals surface area (Å²) in [6, 6.07) is 0. The summed E-state index contributed by atoms with van der Waals surface area (Å²) in [5.41, 5.74) is 1.06. The second-order valence-corrected chi connectivity index (χ2v) is 3.87. The molecule has 0 aromatic heterocycles. The van der Waals surface area contributed by atoms with E-state index >= 15 is 0 Å². The zero-order valence-electron chi connectivity index (χ0n) is 7.51. The minimum atomic E-state index is -0.226. The van der Waals surface area contributed by atoms with E-state index < -0.39 is 0 Å². The third kappa shape index (κ3) is 1.84. The molecule has 0 radical (unpaired) electrons. The number of aliphatic hydroxyl groups is 1. The summed E-state index contributed by atoms with van der Waals surface area (Å²) in [5.74, 6) is 1.19. The first-order valence-corrected chi connectivity index (χ1v) is 4.49. The van der Waals surface area contributed by atoms with Gasteiger partial charge >= 0.3 is 0 Å². The van der Waals surface area contributed by atoms with Gasteiger partial charge in [-0.1, -0.05) is 20.4 Å². The zero-order valence-corrected chi connectivity index (χ0v) is 7.51. The Morgan fingerprint density at radius 1 is 1.45 bits per heavy atom. The van der Waals surface area contributed by atoms with Crippen molar-refractivity contribution in [2.45, 2.75) is 39.2 Å². The maximum atomic E-state index is 9.50. The van der Waals surface area contributed by atoms with Crippen molar-refractivity contribution >= 4 is 0 Å². The highest BCUT2D eigenvalue weighted by Gasteiger charge is 2.25. The first kappa shape index (κ1) is 8.79. The highest BCUT2D eigenvalue weighted by Crippen LogP contribution is 2.33. The Morgan fingerprint density at radius 3 is 2.55 bits per heavy atom. The minimum Gasteiger partial charge on any atom is -0.389 e. The fourth-order valence-corrected chi connectivity index (χ4v) is 1.91. The molecule has 1 N–H and O–H groups in total. The van der Waals surface area contributed by atoms with Crippen LogP contribution >= 0.6 is 0 Å². The van der Waals surface area contributed by atoms with Crippen molar-refractivity contribution in [1.82, 2.24) is 0 Å². The lowest BCUT2D eigenvalue weighted by molar-refractivity contribution is 0.148. The molecule has 64 valence electrons. The van der Waals surface area contributed by atoms with Gasteiger partial charge in [0, 0.05) is 0 Å². The minimum absolute atomic E-state index is 0.226. The van der Waals surface area contributed by atoms with Gasteiger partial charge in [-0.15, -0.1) is 0 Å². The molecule has 0 aromatic rings. The Labute approximate surface area is 69.1 Å². The smallest absolute Gasteiger partial charge is 0.0750 e. The molecule has 0 heterocycles. The van der Waals surface area contributed by atoms with Gasteiger partial charge in [-0.3, -0.25) is 0 Å². The molecule has 1 aliphatic carbocycles. The van der Waals surface area contributed by atoms with E-state index in [1.807, 2.05) is 0 Å². The second-order valence-electron chi connectivity index (χ2n) is 3.87. The van der Waals surface area contributed by atoms with Crippen LogP contribution in [0.15, 0.2) is 12.2 Å². The highest BCUT2D eigenvalue weighted by atomic mass is 16.3. The van der Waals surface area contributed by atoms with Gasteiger partial charge in [0.25, 0.3) is 0 Å². The molecule has 0 unspecified atom stereocenters. The predicted octanol–water partition coefficient (Wildman–Crippen LogP) is 2.36. The number of hydrogen-bond donors (Lipinski definition) is 1. The fraction of sp³-hybridized carbons (Fsp3) is 0.800. The van der Waals surface area contributed by atoms with Crippen LogP contribution in [0.2, 0.25) is 0 Å². The molecule has 2 atom stereocenters. The Balaban J connectivity index is 2.58. The molecule has 0 saturated heterocycles. The second kappa shape index (κ2) is 3.40. The van der Waals surface area contributed by atoms with Crippen molar-refractivity contribution in [3.05, 3.63) is 12.2 Å². The van der Waals surface area contributed by atoms with Crippen LogP contribution in [0.4, 0.5) is 0 Å². The summed E-state index contributed by atoms with van der Waals surface area (Å²) in [6.45, 7) is 8.35. The van der Waals surface area contributed by atoms with E-state index in [2.05, 4.69) is 20.4 Å². The van der Waals surface area contributed by atoms with E-state index in [0.717, 1.165) is 18.4 Å². The van der Waals surface area contributed by atoms with Gasteiger partial charge in [0.05, 0.1) is 6.10 Å². The van der Waals surface area contributed by atoms with E-state index in [9.17, 15) is 5.11 Å². The van der Waals surface area contributed by atoms with Gasteiger partial charge in [-0.25, -0.2) is 0 Å². The van der Waals surface area contributed by atoms with Crippen LogP contribution < -0.4 is 0 Å². The van der Waals surface area contributed by atoms with Crippen molar-refractivity contribution in [2.24, 2.45) is 11.8 Å². The summed E-state index contributed by atoms with van der Waals surface area (Å²) in [4.78, 5) is 0. The molecule has 0 aromatic carbocycles. The van der Waals surface area contributed by atoms with E-state index in [1.54, 1.807) is 0 Å². The summed E-state index contributed by atoms with van der Waals surface area (Å²) >= 11 is 0. The Morgan fingerprint density at radius 2 is 2.09 bits per heavy atom. The van der Waals surface area contributed by atoms with E-state index in [4.69, 9.17) is 0 Å². The van der Waals surface area contributed by atoms with Crippen molar-refractivity contribution < 1.29 is 5.11 Å². The van der Waals surface area contributed by atoms with E-state index in [1.165, 1.54) is 6.42 Å². The van der Waals surface area contributed by atoms with E-state index in [0.29, 0.717) is 11.8 Å². The van der Waals surface area contributed by atoms with Gasteiger partial charge in [-0.05, 0) is 36.7 Å². The Hall–Kier alpha value is -0.300. The van der Waals surface area contributed by atoms with Crippen LogP contribution in [0.1, 0.15) is 33.1 Å². The standard InChI is InChI=1S/C10H18O/c1-7(2)9-5-4-6-10(11)8(9)3/h7,9-11H,3-6H2,1-2H3/t9-,10-/m0/s1. The lowest BCUT2D eigenvalue weighted by Gasteiger charge is -2.31. The van der Waals surface area contributed by atoms with Crippen LogP contribution in [0, 0.1) is 11.8 Å².